The Balaban J connectivity index is 2.07. The zero-order chi connectivity index (χ0) is 21.4. The van der Waals surface area contributed by atoms with Gasteiger partial charge in [-0.15, -0.1) is 0 Å². The Hall–Kier alpha value is -4.05. The smallest absolute Gasteiger partial charge is 0.166 e. The lowest BCUT2D eigenvalue weighted by Gasteiger charge is -2.13. The van der Waals surface area contributed by atoms with Crippen LogP contribution in [0.15, 0.2) is 48.7 Å². The molecule has 7 heteroatoms. The number of aryl methyl sites for hydroxylation is 1. The maximum Gasteiger partial charge on any atom is 0.166 e. The molecule has 0 bridgehead atoms. The predicted octanol–water partition coefficient (Wildman–Crippen LogP) is 4.88. The molecule has 4 rings (SSSR count). The maximum atomic E-state index is 14.4. The predicted molar refractivity (Wildman–Crippen MR) is 108 cm³/mol. The Bertz CT molecular complexity index is 1350. The van der Waals surface area contributed by atoms with Gasteiger partial charge in [0, 0.05) is 23.6 Å². The van der Waals surface area contributed by atoms with E-state index < -0.39 is 11.6 Å². The molecule has 0 spiro atoms. The maximum absolute atomic E-state index is 14.4. The van der Waals surface area contributed by atoms with Crippen LogP contribution in [0.4, 0.5) is 8.78 Å². The molecule has 2 aromatic heterocycles. The van der Waals surface area contributed by atoms with Gasteiger partial charge in [-0.1, -0.05) is 6.07 Å². The van der Waals surface area contributed by atoms with E-state index in [4.69, 9.17) is 10.00 Å². The van der Waals surface area contributed by atoms with Crippen LogP contribution in [-0.2, 0) is 7.05 Å². The van der Waals surface area contributed by atoms with Crippen molar-refractivity contribution in [2.75, 3.05) is 7.11 Å². The van der Waals surface area contributed by atoms with E-state index in [1.54, 1.807) is 42.1 Å². The molecule has 0 atom stereocenters. The number of rotatable bonds is 4. The third-order valence-corrected chi connectivity index (χ3v) is 5.06. The third kappa shape index (κ3) is 2.99. The second-order valence-corrected chi connectivity index (χ2v) is 6.68. The monoisotopic (exact) mass is 403 g/mol. The number of fused-ring (bicyclic) bond motifs is 1. The summed E-state index contributed by atoms with van der Waals surface area (Å²) in [5.41, 5.74) is 2.86. The molecule has 0 unspecified atom stereocenters. The van der Waals surface area contributed by atoms with Gasteiger partial charge in [0.25, 0.3) is 0 Å². The molecule has 0 aliphatic rings. The van der Waals surface area contributed by atoms with E-state index in [-0.39, 0.29) is 11.3 Å². The Kier molecular flexibility index (Phi) is 4.76. The van der Waals surface area contributed by atoms with E-state index in [1.165, 1.54) is 31.4 Å². The normalized spacial score (nSPS) is 10.8. The number of aldehydes is 1. The molecule has 4 aromatic rings. The number of carbonyl (C=O) groups excluding carboxylic acids is 1. The summed E-state index contributed by atoms with van der Waals surface area (Å²) in [5, 5.41) is 9.70. The molecule has 2 heterocycles. The highest BCUT2D eigenvalue weighted by molar-refractivity contribution is 6.04. The molecule has 0 radical (unpaired) electrons. The van der Waals surface area contributed by atoms with E-state index in [2.05, 4.69) is 4.98 Å². The number of pyridine rings is 1. The first-order valence-electron chi connectivity index (χ1n) is 8.96. The molecule has 0 fully saturated rings. The van der Waals surface area contributed by atoms with Crippen molar-refractivity contribution in [3.05, 3.63) is 71.6 Å². The number of hydrogen-bond donors (Lipinski definition) is 0. The van der Waals surface area contributed by atoms with E-state index in [9.17, 15) is 13.6 Å². The summed E-state index contributed by atoms with van der Waals surface area (Å²) in [6.07, 6.45) is 2.30. The fraction of sp³-hybridized carbons (Fsp3) is 0.0870. The summed E-state index contributed by atoms with van der Waals surface area (Å²) >= 11 is 0. The Morgan fingerprint density at radius 2 is 1.83 bits per heavy atom. The van der Waals surface area contributed by atoms with Crippen molar-refractivity contribution in [2.45, 2.75) is 0 Å². The van der Waals surface area contributed by atoms with Gasteiger partial charge in [-0.2, -0.15) is 5.26 Å². The first-order chi connectivity index (χ1) is 14.5. The van der Waals surface area contributed by atoms with Crippen LogP contribution in [-0.4, -0.2) is 22.9 Å². The first kappa shape index (κ1) is 19.3. The number of methoxy groups -OCH3 is 1. The molecule has 148 valence electrons. The number of nitriles is 1. The highest BCUT2D eigenvalue weighted by Gasteiger charge is 2.19. The van der Waals surface area contributed by atoms with Gasteiger partial charge >= 0.3 is 0 Å². The minimum absolute atomic E-state index is 0.0856. The van der Waals surface area contributed by atoms with Gasteiger partial charge in [0.15, 0.2) is 17.9 Å². The van der Waals surface area contributed by atoms with Crippen molar-refractivity contribution in [1.82, 2.24) is 9.55 Å². The van der Waals surface area contributed by atoms with Gasteiger partial charge in [0.05, 0.1) is 35.8 Å². The Morgan fingerprint density at radius 1 is 1.10 bits per heavy atom. The number of carbonyl (C=O) groups is 1. The third-order valence-electron chi connectivity index (χ3n) is 5.06. The quantitative estimate of drug-likeness (QED) is 0.456. The molecule has 0 amide bonds. The van der Waals surface area contributed by atoms with Crippen LogP contribution in [0.3, 0.4) is 0 Å². The Morgan fingerprint density at radius 3 is 2.47 bits per heavy atom. The first-order valence-corrected chi connectivity index (χ1v) is 8.96. The number of hydrogen-bond acceptors (Lipinski definition) is 4. The molecule has 5 nitrogen and oxygen atoms in total. The second-order valence-electron chi connectivity index (χ2n) is 6.68. The van der Waals surface area contributed by atoms with Crippen molar-refractivity contribution >= 4 is 17.2 Å². The van der Waals surface area contributed by atoms with Crippen molar-refractivity contribution in [2.24, 2.45) is 7.05 Å². The van der Waals surface area contributed by atoms with Crippen LogP contribution >= 0.6 is 0 Å². The molecule has 0 N–H and O–H groups in total. The summed E-state index contributed by atoms with van der Waals surface area (Å²) in [4.78, 5) is 16.0. The Labute approximate surface area is 170 Å². The van der Waals surface area contributed by atoms with Gasteiger partial charge in [0.1, 0.15) is 11.9 Å². The van der Waals surface area contributed by atoms with Crippen LogP contribution < -0.4 is 4.74 Å². The van der Waals surface area contributed by atoms with E-state index in [1.807, 2.05) is 0 Å². The lowest BCUT2D eigenvalue weighted by Crippen LogP contribution is -1.96. The SMILES string of the molecule is COc1ccc(-c2ncc3c(cc(C=O)n3C)c2-c2ccc(C#N)c(F)c2)cc1F. The molecule has 30 heavy (non-hydrogen) atoms. The lowest BCUT2D eigenvalue weighted by atomic mass is 9.95. The molecule has 0 saturated carbocycles. The average Bonchev–Trinajstić information content (AvgIpc) is 3.08. The van der Waals surface area contributed by atoms with Crippen molar-refractivity contribution in [3.8, 4) is 34.2 Å². The highest BCUT2D eigenvalue weighted by Crippen LogP contribution is 2.39. The molecular formula is C23H15F2N3O2. The van der Waals surface area contributed by atoms with Gasteiger partial charge < -0.3 is 9.30 Å². The topological polar surface area (TPSA) is 67.9 Å². The number of halogens is 2. The number of aromatic nitrogens is 2. The number of nitrogens with zero attached hydrogens (tertiary/aromatic N) is 3. The van der Waals surface area contributed by atoms with Crippen LogP contribution in [0.1, 0.15) is 16.1 Å². The number of benzene rings is 2. The zero-order valence-corrected chi connectivity index (χ0v) is 16.1. The number of ether oxygens (including phenoxy) is 1. The fourth-order valence-electron chi connectivity index (χ4n) is 3.51. The van der Waals surface area contributed by atoms with Crippen molar-refractivity contribution in [3.63, 3.8) is 0 Å². The molecular weight excluding hydrogens is 388 g/mol. The average molecular weight is 403 g/mol. The minimum atomic E-state index is -0.676. The van der Waals surface area contributed by atoms with Crippen LogP contribution in [0.5, 0.6) is 5.75 Å². The standard InChI is InChI=1S/C23H15F2N3O2/c1-28-16(12-29)9-17-20(28)11-27-23(14-5-6-21(30-2)19(25)8-14)22(17)13-3-4-15(10-26)18(24)7-13/h3-9,11-12H,1-2H3. The van der Waals surface area contributed by atoms with Gasteiger partial charge in [-0.05, 0) is 42.0 Å². The highest BCUT2D eigenvalue weighted by atomic mass is 19.1. The lowest BCUT2D eigenvalue weighted by molar-refractivity contribution is 0.111. The molecule has 0 aliphatic heterocycles. The van der Waals surface area contributed by atoms with Crippen molar-refractivity contribution < 1.29 is 18.3 Å². The zero-order valence-electron chi connectivity index (χ0n) is 16.1. The minimum Gasteiger partial charge on any atom is -0.494 e. The van der Waals surface area contributed by atoms with Gasteiger partial charge in [0.2, 0.25) is 0 Å². The van der Waals surface area contributed by atoms with Crippen LogP contribution in [0, 0.1) is 23.0 Å². The van der Waals surface area contributed by atoms with E-state index in [0.29, 0.717) is 39.0 Å². The molecule has 0 aliphatic carbocycles. The largest absolute Gasteiger partial charge is 0.494 e. The second kappa shape index (κ2) is 7.41. The summed E-state index contributed by atoms with van der Waals surface area (Å²) in [6.45, 7) is 0. The summed E-state index contributed by atoms with van der Waals surface area (Å²) in [6, 6.07) is 12.1. The van der Waals surface area contributed by atoms with Crippen molar-refractivity contribution in [1.29, 1.82) is 5.26 Å². The van der Waals surface area contributed by atoms with E-state index >= 15 is 0 Å². The fourth-order valence-corrected chi connectivity index (χ4v) is 3.51. The summed E-state index contributed by atoms with van der Waals surface area (Å²) in [7, 11) is 3.10. The van der Waals surface area contributed by atoms with E-state index in [0.717, 1.165) is 6.29 Å². The van der Waals surface area contributed by atoms with Gasteiger partial charge in [-0.25, -0.2) is 8.78 Å². The summed E-state index contributed by atoms with van der Waals surface area (Å²) < 4.78 is 35.4. The molecule has 0 saturated heterocycles. The summed E-state index contributed by atoms with van der Waals surface area (Å²) in [5.74, 6) is -1.14. The molecule has 2 aromatic carbocycles. The van der Waals surface area contributed by atoms with Gasteiger partial charge in [-0.3, -0.25) is 9.78 Å². The van der Waals surface area contributed by atoms with Crippen LogP contribution in [0.2, 0.25) is 0 Å². The van der Waals surface area contributed by atoms with Crippen LogP contribution in [0.25, 0.3) is 33.3 Å².